The van der Waals surface area contributed by atoms with Crippen molar-refractivity contribution >= 4 is 11.8 Å². The summed E-state index contributed by atoms with van der Waals surface area (Å²) in [6.45, 7) is 1.97. The quantitative estimate of drug-likeness (QED) is 0.851. The van der Waals surface area contributed by atoms with Crippen LogP contribution in [-0.4, -0.2) is 30.3 Å². The summed E-state index contributed by atoms with van der Waals surface area (Å²) in [5.41, 5.74) is 7.59. The largest absolute Gasteiger partial charge is 0.329 e. The molecule has 1 heterocycles. The summed E-state index contributed by atoms with van der Waals surface area (Å²) in [4.78, 5) is 4.07. The summed E-state index contributed by atoms with van der Waals surface area (Å²) >= 11 is 1.81. The topological polar surface area (TPSA) is 29.3 Å². The Kier molecular flexibility index (Phi) is 5.25. The van der Waals surface area contributed by atoms with Crippen molar-refractivity contribution in [2.75, 3.05) is 19.3 Å². The highest BCUT2D eigenvalue weighted by Crippen LogP contribution is 2.39. The van der Waals surface area contributed by atoms with Crippen molar-refractivity contribution in [2.24, 2.45) is 11.7 Å². The van der Waals surface area contributed by atoms with E-state index in [1.807, 2.05) is 0 Å². The van der Waals surface area contributed by atoms with E-state index in [1.165, 1.54) is 55.5 Å². The lowest BCUT2D eigenvalue weighted by molar-refractivity contribution is 0.0276. The first kappa shape index (κ1) is 15.4. The zero-order valence-corrected chi connectivity index (χ0v) is 13.9. The summed E-state index contributed by atoms with van der Waals surface area (Å²) in [6.07, 6.45) is 10.6. The summed E-state index contributed by atoms with van der Waals surface area (Å²) in [7, 11) is 0. The van der Waals surface area contributed by atoms with Crippen LogP contribution in [0.5, 0.6) is 0 Å². The zero-order chi connectivity index (χ0) is 14.7. The van der Waals surface area contributed by atoms with Crippen LogP contribution in [0.15, 0.2) is 29.2 Å². The fourth-order valence-electron chi connectivity index (χ4n) is 4.34. The number of nitrogens with two attached hydrogens (primary N) is 1. The summed E-state index contributed by atoms with van der Waals surface area (Å²) in [5, 5.41) is 0. The Labute approximate surface area is 133 Å². The Balaban J connectivity index is 1.80. The van der Waals surface area contributed by atoms with E-state index in [-0.39, 0.29) is 0 Å². The highest BCUT2D eigenvalue weighted by atomic mass is 32.2. The van der Waals surface area contributed by atoms with Gasteiger partial charge in [-0.15, -0.1) is 11.8 Å². The smallest absolute Gasteiger partial charge is 0.0473 e. The minimum absolute atomic E-state index is 0.409. The van der Waals surface area contributed by atoms with Crippen LogP contribution in [-0.2, 0) is 0 Å². The molecule has 116 valence electrons. The van der Waals surface area contributed by atoms with Gasteiger partial charge in [-0.05, 0) is 62.1 Å². The van der Waals surface area contributed by atoms with Crippen LogP contribution in [0.3, 0.4) is 0 Å². The molecule has 21 heavy (non-hydrogen) atoms. The average Bonchev–Trinajstić information content (AvgIpc) is 2.56. The maximum absolute atomic E-state index is 6.18. The lowest BCUT2D eigenvalue weighted by atomic mass is 9.77. The highest BCUT2D eigenvalue weighted by molar-refractivity contribution is 7.98. The second-order valence-corrected chi connectivity index (χ2v) is 7.40. The van der Waals surface area contributed by atoms with Gasteiger partial charge in [0.1, 0.15) is 0 Å². The first-order valence-electron chi connectivity index (χ1n) is 8.43. The highest BCUT2D eigenvalue weighted by Gasteiger charge is 2.36. The van der Waals surface area contributed by atoms with Gasteiger partial charge in [-0.2, -0.15) is 0 Å². The first-order valence-corrected chi connectivity index (χ1v) is 9.65. The minimum atomic E-state index is 0.409. The molecular formula is C18H28N2S. The van der Waals surface area contributed by atoms with Crippen LogP contribution in [0.25, 0.3) is 0 Å². The van der Waals surface area contributed by atoms with Crippen molar-refractivity contribution in [1.29, 1.82) is 0 Å². The SMILES string of the molecule is CSc1ccc(C(CN)N2CCC[C@H]3CCCC[C@H]32)cc1. The number of benzene rings is 1. The fraction of sp³-hybridized carbons (Fsp3) is 0.667. The number of hydrogen-bond donors (Lipinski definition) is 1. The van der Waals surface area contributed by atoms with Crippen molar-refractivity contribution < 1.29 is 0 Å². The number of rotatable bonds is 4. The van der Waals surface area contributed by atoms with E-state index in [9.17, 15) is 0 Å². The van der Waals surface area contributed by atoms with Crippen LogP contribution in [0.4, 0.5) is 0 Å². The van der Waals surface area contributed by atoms with Crippen LogP contribution < -0.4 is 5.73 Å². The van der Waals surface area contributed by atoms with Gasteiger partial charge in [-0.25, -0.2) is 0 Å². The van der Waals surface area contributed by atoms with E-state index in [0.29, 0.717) is 6.04 Å². The monoisotopic (exact) mass is 304 g/mol. The number of thioether (sulfide) groups is 1. The number of nitrogens with zero attached hydrogens (tertiary/aromatic N) is 1. The van der Waals surface area contributed by atoms with Gasteiger partial charge in [0, 0.05) is 23.5 Å². The van der Waals surface area contributed by atoms with E-state index in [1.54, 1.807) is 11.8 Å². The lowest BCUT2D eigenvalue weighted by Crippen LogP contribution is -2.49. The molecule has 2 aliphatic rings. The molecule has 1 saturated heterocycles. The van der Waals surface area contributed by atoms with Crippen molar-refractivity contribution in [3.63, 3.8) is 0 Å². The normalized spacial score (nSPS) is 28.1. The standard InChI is InChI=1S/C18H28N2S/c1-21-16-10-8-15(9-11-16)18(13-19)20-12-4-6-14-5-2-3-7-17(14)20/h8-11,14,17-18H,2-7,12-13,19H2,1H3/t14-,17-,18?/m1/s1. The first-order chi connectivity index (χ1) is 10.3. The average molecular weight is 305 g/mol. The molecule has 1 aliphatic heterocycles. The predicted molar refractivity (Wildman–Crippen MR) is 91.7 cm³/mol. The van der Waals surface area contributed by atoms with E-state index >= 15 is 0 Å². The molecule has 0 radical (unpaired) electrons. The molecular weight excluding hydrogens is 276 g/mol. The third-order valence-corrected chi connectivity index (χ3v) is 6.15. The maximum atomic E-state index is 6.18. The molecule has 1 aromatic rings. The van der Waals surface area contributed by atoms with Crippen LogP contribution in [0.2, 0.25) is 0 Å². The van der Waals surface area contributed by atoms with Gasteiger partial charge < -0.3 is 5.73 Å². The van der Waals surface area contributed by atoms with Gasteiger partial charge in [0.25, 0.3) is 0 Å². The van der Waals surface area contributed by atoms with Crippen molar-refractivity contribution in [3.8, 4) is 0 Å². The van der Waals surface area contributed by atoms with Crippen LogP contribution >= 0.6 is 11.8 Å². The molecule has 0 amide bonds. The minimum Gasteiger partial charge on any atom is -0.329 e. The van der Waals surface area contributed by atoms with Crippen molar-refractivity contribution in [3.05, 3.63) is 29.8 Å². The van der Waals surface area contributed by atoms with Gasteiger partial charge in [0.15, 0.2) is 0 Å². The maximum Gasteiger partial charge on any atom is 0.0473 e. The number of piperidine rings is 1. The van der Waals surface area contributed by atoms with Crippen molar-refractivity contribution in [1.82, 2.24) is 4.90 Å². The molecule has 3 rings (SSSR count). The van der Waals surface area contributed by atoms with Gasteiger partial charge in [0.05, 0.1) is 0 Å². The Bertz CT molecular complexity index is 443. The van der Waals surface area contributed by atoms with Crippen LogP contribution in [0, 0.1) is 5.92 Å². The van der Waals surface area contributed by atoms with Gasteiger partial charge in [-0.3, -0.25) is 4.90 Å². The number of fused-ring (bicyclic) bond motifs is 1. The number of hydrogen-bond acceptors (Lipinski definition) is 3. The van der Waals surface area contributed by atoms with Crippen molar-refractivity contribution in [2.45, 2.75) is 55.5 Å². The summed E-state index contributed by atoms with van der Waals surface area (Å²) in [5.74, 6) is 0.923. The summed E-state index contributed by atoms with van der Waals surface area (Å²) in [6, 6.07) is 10.2. The third kappa shape index (κ3) is 3.30. The Morgan fingerprint density at radius 1 is 1.14 bits per heavy atom. The third-order valence-electron chi connectivity index (χ3n) is 5.41. The second-order valence-electron chi connectivity index (χ2n) is 6.52. The second kappa shape index (κ2) is 7.17. The van der Waals surface area contributed by atoms with E-state index < -0.39 is 0 Å². The molecule has 2 N–H and O–H groups in total. The molecule has 1 aromatic carbocycles. The lowest BCUT2D eigenvalue weighted by Gasteiger charge is -2.47. The molecule has 1 aliphatic carbocycles. The Morgan fingerprint density at radius 2 is 1.86 bits per heavy atom. The van der Waals surface area contributed by atoms with Gasteiger partial charge in [0.2, 0.25) is 0 Å². The number of likely N-dealkylation sites (tertiary alicyclic amines) is 1. The van der Waals surface area contributed by atoms with Crippen LogP contribution in [0.1, 0.15) is 50.1 Å². The Hall–Kier alpha value is -0.510. The molecule has 2 fully saturated rings. The van der Waals surface area contributed by atoms with Gasteiger partial charge in [-0.1, -0.05) is 25.0 Å². The molecule has 0 bridgehead atoms. The Morgan fingerprint density at radius 3 is 2.57 bits per heavy atom. The van der Waals surface area contributed by atoms with E-state index in [0.717, 1.165) is 18.5 Å². The fourth-order valence-corrected chi connectivity index (χ4v) is 4.75. The zero-order valence-electron chi connectivity index (χ0n) is 13.1. The molecule has 1 unspecified atom stereocenters. The molecule has 0 spiro atoms. The molecule has 2 nitrogen and oxygen atoms in total. The predicted octanol–water partition coefficient (Wildman–Crippen LogP) is 4.06. The molecule has 3 heteroatoms. The summed E-state index contributed by atoms with van der Waals surface area (Å²) < 4.78 is 0. The van der Waals surface area contributed by atoms with E-state index in [4.69, 9.17) is 5.73 Å². The van der Waals surface area contributed by atoms with Gasteiger partial charge >= 0.3 is 0 Å². The molecule has 1 saturated carbocycles. The molecule has 0 aromatic heterocycles. The van der Waals surface area contributed by atoms with E-state index in [2.05, 4.69) is 35.4 Å². The molecule has 3 atom stereocenters.